The number of aldehydes is 1. The Balaban J connectivity index is 0.885. The number of hydrogen-bond acceptors (Lipinski definition) is 11. The van der Waals surface area contributed by atoms with Gasteiger partial charge in [-0.05, 0) is 98.3 Å². The Kier molecular flexibility index (Phi) is 10.3. The quantitative estimate of drug-likeness (QED) is 0.139. The average Bonchev–Trinajstić information content (AvgIpc) is 3.74. The summed E-state index contributed by atoms with van der Waals surface area (Å²) in [5.41, 5.74) is 18.1. The number of rotatable bonds is 11. The lowest BCUT2D eigenvalue weighted by molar-refractivity contribution is -0.110. The molecular formula is C39H50N8O4. The van der Waals surface area contributed by atoms with Gasteiger partial charge >= 0.3 is 0 Å². The minimum absolute atomic E-state index is 0.136. The highest BCUT2D eigenvalue weighted by Crippen LogP contribution is 2.36. The zero-order valence-electron chi connectivity index (χ0n) is 29.6. The Hall–Kier alpha value is -4.84. The minimum atomic E-state index is -0.294. The van der Waals surface area contributed by atoms with Gasteiger partial charge in [-0.15, -0.1) is 0 Å². The molecule has 2 fully saturated rings. The Morgan fingerprint density at radius 1 is 1.10 bits per heavy atom. The summed E-state index contributed by atoms with van der Waals surface area (Å²) in [5.74, 6) is 3.31. The van der Waals surface area contributed by atoms with E-state index in [9.17, 15) is 9.90 Å². The molecule has 0 spiro atoms. The molecule has 6 N–H and O–H groups in total. The molecule has 0 amide bonds. The van der Waals surface area contributed by atoms with Crippen molar-refractivity contribution in [2.45, 2.75) is 83.2 Å². The molecule has 1 aliphatic carbocycles. The number of carbonyl (C=O) groups excluding carboxylic acids is 1. The van der Waals surface area contributed by atoms with Crippen LogP contribution in [-0.2, 0) is 17.8 Å². The highest BCUT2D eigenvalue weighted by Gasteiger charge is 2.31. The number of fused-ring (bicyclic) bond motifs is 1. The number of phenols is 1. The van der Waals surface area contributed by atoms with Gasteiger partial charge in [0, 0.05) is 72.1 Å². The zero-order chi connectivity index (χ0) is 35.5. The molecule has 7 rings (SSSR count). The second-order valence-electron chi connectivity index (χ2n) is 14.8. The Labute approximate surface area is 299 Å². The number of benzene rings is 1. The summed E-state index contributed by atoms with van der Waals surface area (Å²) in [7, 11) is 0. The van der Waals surface area contributed by atoms with Gasteiger partial charge in [-0.2, -0.15) is 0 Å². The normalized spacial score (nSPS) is 21.1. The lowest BCUT2D eigenvalue weighted by atomic mass is 9.83. The van der Waals surface area contributed by atoms with E-state index in [2.05, 4.69) is 19.9 Å². The van der Waals surface area contributed by atoms with E-state index in [-0.39, 0.29) is 17.6 Å². The van der Waals surface area contributed by atoms with E-state index in [0.29, 0.717) is 59.7 Å². The first-order valence-electron chi connectivity index (χ1n) is 18.4. The van der Waals surface area contributed by atoms with Gasteiger partial charge in [-0.3, -0.25) is 0 Å². The van der Waals surface area contributed by atoms with Gasteiger partial charge in [0.2, 0.25) is 5.95 Å². The number of nitrogens with one attached hydrogen (secondary N) is 1. The average molecular weight is 695 g/mol. The molecule has 270 valence electrons. The third-order valence-electron chi connectivity index (χ3n) is 11.2. The summed E-state index contributed by atoms with van der Waals surface area (Å²) in [6, 6.07) is 9.43. The van der Waals surface area contributed by atoms with Crippen molar-refractivity contribution in [1.82, 2.24) is 25.0 Å². The third kappa shape index (κ3) is 7.61. The Morgan fingerprint density at radius 3 is 2.55 bits per heavy atom. The highest BCUT2D eigenvalue weighted by atomic mass is 16.5. The molecule has 1 unspecified atom stereocenters. The lowest BCUT2D eigenvalue weighted by Crippen LogP contribution is -2.43. The summed E-state index contributed by atoms with van der Waals surface area (Å²) in [6.45, 7) is 8.23. The molecule has 12 nitrogen and oxygen atoms in total. The van der Waals surface area contributed by atoms with Crippen LogP contribution in [0.2, 0.25) is 0 Å². The van der Waals surface area contributed by atoms with Gasteiger partial charge in [0.1, 0.15) is 17.9 Å². The topological polar surface area (TPSA) is 173 Å². The molecule has 3 aromatic heterocycles. The van der Waals surface area contributed by atoms with E-state index in [4.69, 9.17) is 30.7 Å². The van der Waals surface area contributed by atoms with Crippen molar-refractivity contribution in [3.8, 4) is 11.6 Å². The van der Waals surface area contributed by atoms with E-state index >= 15 is 0 Å². The molecule has 1 aromatic carbocycles. The number of hydrogen-bond donors (Lipinski definition) is 4. The number of likely N-dealkylation sites (tertiary alicyclic amines) is 1. The van der Waals surface area contributed by atoms with E-state index in [1.54, 1.807) is 24.3 Å². The number of piperidine rings is 1. The van der Waals surface area contributed by atoms with Gasteiger partial charge in [0.25, 0.3) is 5.88 Å². The largest absolute Gasteiger partial charge is 0.507 e. The maximum atomic E-state index is 11.4. The minimum Gasteiger partial charge on any atom is -0.507 e. The van der Waals surface area contributed by atoms with Crippen LogP contribution in [0.3, 0.4) is 0 Å². The lowest BCUT2D eigenvalue weighted by Gasteiger charge is -2.40. The standard InChI is InChI=1S/C39H50N8O4/c1-24(2)32(22-48)36-18-37(45-51-36)50-23-25-7-9-28(10-8-25)46-14-11-26(12-15-46)27-19-42-39(43-20-27)47-16-13-34-31(21-47)30(38(41)44-34)17-33(40)29-5-3-4-6-35(29)49/h3-6,17-20,22,24-26,28,32,44,49H,7-16,21,23,40-41H2,1-2H3/b33-17-. The number of carbonyl (C=O) groups is 1. The Bertz CT molecular complexity index is 1820. The molecule has 1 saturated carbocycles. The molecule has 1 atom stereocenters. The summed E-state index contributed by atoms with van der Waals surface area (Å²) in [4.78, 5) is 29.3. The van der Waals surface area contributed by atoms with E-state index < -0.39 is 0 Å². The van der Waals surface area contributed by atoms with Crippen LogP contribution in [0.5, 0.6) is 11.6 Å². The second kappa shape index (κ2) is 15.2. The second-order valence-corrected chi connectivity index (χ2v) is 14.8. The first kappa shape index (κ1) is 34.6. The van der Waals surface area contributed by atoms with Gasteiger partial charge in [-0.25, -0.2) is 9.97 Å². The van der Waals surface area contributed by atoms with Crippen LogP contribution in [0.1, 0.15) is 97.9 Å². The molecule has 5 heterocycles. The smallest absolute Gasteiger partial charge is 0.254 e. The molecule has 4 aromatic rings. The maximum absolute atomic E-state index is 11.4. The number of para-hydroxylation sites is 1. The molecule has 0 bridgehead atoms. The van der Waals surface area contributed by atoms with Crippen molar-refractivity contribution >= 4 is 29.8 Å². The number of aromatic hydroxyl groups is 1. The number of nitrogens with two attached hydrogens (primary N) is 2. The van der Waals surface area contributed by atoms with Crippen LogP contribution in [-0.4, -0.2) is 68.7 Å². The first-order valence-corrected chi connectivity index (χ1v) is 18.4. The molecule has 0 radical (unpaired) electrons. The monoisotopic (exact) mass is 694 g/mol. The van der Waals surface area contributed by atoms with Crippen LogP contribution in [0, 0.1) is 11.8 Å². The fourth-order valence-electron chi connectivity index (χ4n) is 8.06. The highest BCUT2D eigenvalue weighted by molar-refractivity contribution is 5.86. The van der Waals surface area contributed by atoms with Gasteiger partial charge in [-0.1, -0.05) is 26.0 Å². The number of nitrogens with zero attached hydrogens (tertiary/aromatic N) is 5. The fourth-order valence-corrected chi connectivity index (χ4v) is 8.06. The molecular weight excluding hydrogens is 644 g/mol. The number of nitrogen functional groups attached to an aromatic ring is 1. The number of ether oxygens (including phenoxy) is 1. The number of aromatic amines is 1. The Morgan fingerprint density at radius 2 is 1.84 bits per heavy atom. The van der Waals surface area contributed by atoms with Crippen molar-refractivity contribution in [1.29, 1.82) is 0 Å². The van der Waals surface area contributed by atoms with Crippen molar-refractivity contribution < 1.29 is 19.2 Å². The van der Waals surface area contributed by atoms with Crippen LogP contribution < -0.4 is 21.1 Å². The molecule has 12 heteroatoms. The van der Waals surface area contributed by atoms with Gasteiger partial charge in [0.15, 0.2) is 5.76 Å². The maximum Gasteiger partial charge on any atom is 0.254 e. The summed E-state index contributed by atoms with van der Waals surface area (Å²) < 4.78 is 11.4. The summed E-state index contributed by atoms with van der Waals surface area (Å²) >= 11 is 0. The summed E-state index contributed by atoms with van der Waals surface area (Å²) in [6.07, 6.45) is 14.5. The number of phenolic OH excluding ortho intramolecular Hbond substituents is 1. The van der Waals surface area contributed by atoms with Crippen LogP contribution in [0.25, 0.3) is 11.8 Å². The number of aromatic nitrogens is 4. The predicted molar refractivity (Wildman–Crippen MR) is 197 cm³/mol. The molecule has 3 aliphatic rings. The fraction of sp³-hybridized carbons (Fsp3) is 0.487. The van der Waals surface area contributed by atoms with Crippen LogP contribution >= 0.6 is 0 Å². The van der Waals surface area contributed by atoms with Gasteiger partial charge in [0.05, 0.1) is 12.5 Å². The van der Waals surface area contributed by atoms with Crippen molar-refractivity contribution in [3.05, 3.63) is 76.4 Å². The predicted octanol–water partition coefficient (Wildman–Crippen LogP) is 5.86. The third-order valence-corrected chi connectivity index (χ3v) is 11.2. The van der Waals surface area contributed by atoms with Gasteiger partial charge < -0.3 is 45.4 Å². The first-order chi connectivity index (χ1) is 24.8. The van der Waals surface area contributed by atoms with Crippen molar-refractivity contribution in [2.75, 3.05) is 36.9 Å². The van der Waals surface area contributed by atoms with Crippen molar-refractivity contribution in [2.24, 2.45) is 17.6 Å². The van der Waals surface area contributed by atoms with Crippen LogP contribution in [0.4, 0.5) is 11.8 Å². The number of H-pyrrole nitrogens is 1. The van der Waals surface area contributed by atoms with Crippen molar-refractivity contribution in [3.63, 3.8) is 0 Å². The SMILES string of the molecule is CC(C)C(C=O)c1cc(OCC2CCC(N3CCC(c4cnc(N5CCc6[nH]c(N)c(/C=C(\N)c7ccccc7O)c6C5)nc4)CC3)CC2)no1. The summed E-state index contributed by atoms with van der Waals surface area (Å²) in [5, 5.41) is 14.3. The van der Waals surface area contributed by atoms with E-state index in [1.165, 1.54) is 18.4 Å². The van der Waals surface area contributed by atoms with Crippen LogP contribution in [0.15, 0.2) is 47.2 Å². The molecule has 51 heavy (non-hydrogen) atoms. The molecule has 1 saturated heterocycles. The zero-order valence-corrected chi connectivity index (χ0v) is 29.6. The van der Waals surface area contributed by atoms with E-state index in [0.717, 1.165) is 80.8 Å². The molecule has 2 aliphatic heterocycles. The number of anilines is 2. The van der Waals surface area contributed by atoms with E-state index in [1.807, 2.05) is 38.4 Å².